The molecule has 1 atom stereocenters. The summed E-state index contributed by atoms with van der Waals surface area (Å²) in [5.41, 5.74) is 1.88. The first kappa shape index (κ1) is 17.9. The van der Waals surface area contributed by atoms with Crippen molar-refractivity contribution in [1.29, 1.82) is 0 Å². The lowest BCUT2D eigenvalue weighted by Crippen LogP contribution is -2.34. The molecule has 0 saturated heterocycles. The summed E-state index contributed by atoms with van der Waals surface area (Å²) in [6.45, 7) is 3.65. The van der Waals surface area contributed by atoms with Gasteiger partial charge in [-0.05, 0) is 37.6 Å². The van der Waals surface area contributed by atoms with Crippen LogP contribution in [0.5, 0.6) is 0 Å². The van der Waals surface area contributed by atoms with E-state index in [0.29, 0.717) is 10.7 Å². The summed E-state index contributed by atoms with van der Waals surface area (Å²) in [4.78, 5) is 31.8. The van der Waals surface area contributed by atoms with Gasteiger partial charge in [0.25, 0.3) is 0 Å². The standard InChI is InChI=1S/C16H16FN3O3S/c1-9-7-10(2)19-16(18-9)24-8-13(21)20-14(15(22)23)11-3-5-12(17)6-4-11/h3-7,14H,8H2,1-2H3,(H,20,21)(H,22,23). The average Bonchev–Trinajstić information content (AvgIpc) is 2.50. The topological polar surface area (TPSA) is 92.2 Å². The summed E-state index contributed by atoms with van der Waals surface area (Å²) in [5, 5.41) is 12.1. The number of hydrogen-bond donors (Lipinski definition) is 2. The SMILES string of the molecule is Cc1cc(C)nc(SCC(=O)NC(C(=O)O)c2ccc(F)cc2)n1. The second-order valence-corrected chi connectivity index (χ2v) is 6.05. The third kappa shape index (κ3) is 5.02. The van der Waals surface area contributed by atoms with Crippen LogP contribution in [-0.2, 0) is 9.59 Å². The van der Waals surface area contributed by atoms with E-state index in [-0.39, 0.29) is 5.75 Å². The molecule has 0 spiro atoms. The number of nitrogens with one attached hydrogen (secondary N) is 1. The molecule has 0 aliphatic heterocycles. The first-order chi connectivity index (χ1) is 11.3. The number of benzene rings is 1. The van der Waals surface area contributed by atoms with Gasteiger partial charge in [-0.25, -0.2) is 19.2 Å². The van der Waals surface area contributed by atoms with Crippen LogP contribution in [0.4, 0.5) is 4.39 Å². The van der Waals surface area contributed by atoms with Gasteiger partial charge in [0.2, 0.25) is 5.91 Å². The Balaban J connectivity index is 2.00. The summed E-state index contributed by atoms with van der Waals surface area (Å²) in [7, 11) is 0. The predicted octanol–water partition coefficient (Wildman–Crippen LogP) is 2.27. The van der Waals surface area contributed by atoms with E-state index in [9.17, 15) is 19.1 Å². The Morgan fingerprint density at radius 2 is 1.79 bits per heavy atom. The number of carboxylic acid groups (broad SMARTS) is 1. The first-order valence-corrected chi connectivity index (χ1v) is 8.06. The van der Waals surface area contributed by atoms with Gasteiger partial charge in [-0.1, -0.05) is 23.9 Å². The number of carboxylic acids is 1. The molecule has 126 valence electrons. The fraction of sp³-hybridized carbons (Fsp3) is 0.250. The highest BCUT2D eigenvalue weighted by atomic mass is 32.2. The molecule has 0 aliphatic rings. The van der Waals surface area contributed by atoms with Gasteiger partial charge in [0, 0.05) is 11.4 Å². The van der Waals surface area contributed by atoms with Crippen molar-refractivity contribution >= 4 is 23.6 Å². The van der Waals surface area contributed by atoms with Gasteiger partial charge in [-0.3, -0.25) is 4.79 Å². The van der Waals surface area contributed by atoms with Crippen molar-refractivity contribution < 1.29 is 19.1 Å². The summed E-state index contributed by atoms with van der Waals surface area (Å²) >= 11 is 1.12. The Kier molecular flexibility index (Phi) is 5.86. The number of carbonyl (C=O) groups excluding carboxylic acids is 1. The number of rotatable bonds is 6. The fourth-order valence-electron chi connectivity index (χ4n) is 2.03. The highest BCUT2D eigenvalue weighted by Gasteiger charge is 2.22. The average molecular weight is 349 g/mol. The van der Waals surface area contributed by atoms with Gasteiger partial charge < -0.3 is 10.4 Å². The zero-order valence-electron chi connectivity index (χ0n) is 13.1. The van der Waals surface area contributed by atoms with E-state index in [0.717, 1.165) is 35.3 Å². The Labute approximate surface area is 142 Å². The molecule has 0 fully saturated rings. The number of halogens is 1. The molecule has 1 aromatic heterocycles. The molecule has 1 amide bonds. The molecule has 2 N–H and O–H groups in total. The summed E-state index contributed by atoms with van der Waals surface area (Å²) in [5.74, 6) is -2.19. The zero-order valence-corrected chi connectivity index (χ0v) is 13.9. The summed E-state index contributed by atoms with van der Waals surface area (Å²) in [6.07, 6.45) is 0. The lowest BCUT2D eigenvalue weighted by Gasteiger charge is -2.14. The third-order valence-corrected chi connectivity index (χ3v) is 3.90. The lowest BCUT2D eigenvalue weighted by molar-refractivity contribution is -0.141. The minimum atomic E-state index is -1.24. The van der Waals surface area contributed by atoms with Crippen LogP contribution in [-0.4, -0.2) is 32.7 Å². The number of aryl methyl sites for hydroxylation is 2. The monoisotopic (exact) mass is 349 g/mol. The van der Waals surface area contributed by atoms with Gasteiger partial charge in [0.05, 0.1) is 5.75 Å². The number of aromatic nitrogens is 2. The maximum atomic E-state index is 12.9. The van der Waals surface area contributed by atoms with E-state index >= 15 is 0 Å². The second-order valence-electron chi connectivity index (χ2n) is 5.11. The van der Waals surface area contributed by atoms with Gasteiger partial charge >= 0.3 is 5.97 Å². The van der Waals surface area contributed by atoms with Crippen LogP contribution in [0, 0.1) is 19.7 Å². The molecular formula is C16H16FN3O3S. The number of aliphatic carboxylic acids is 1. The summed E-state index contributed by atoms with van der Waals surface area (Å²) < 4.78 is 12.9. The van der Waals surface area contributed by atoms with Crippen LogP contribution < -0.4 is 5.32 Å². The molecule has 2 aromatic rings. The van der Waals surface area contributed by atoms with Crippen LogP contribution in [0.15, 0.2) is 35.5 Å². The molecule has 0 aliphatic carbocycles. The van der Waals surface area contributed by atoms with Crippen LogP contribution in [0.1, 0.15) is 23.0 Å². The van der Waals surface area contributed by atoms with Crippen molar-refractivity contribution in [3.8, 4) is 0 Å². The number of nitrogens with zero attached hydrogens (tertiary/aromatic N) is 2. The Morgan fingerprint density at radius 1 is 1.21 bits per heavy atom. The van der Waals surface area contributed by atoms with E-state index < -0.39 is 23.7 Å². The van der Waals surface area contributed by atoms with Gasteiger partial charge in [-0.2, -0.15) is 0 Å². The Hall–Kier alpha value is -2.48. The number of hydrogen-bond acceptors (Lipinski definition) is 5. The van der Waals surface area contributed by atoms with Crippen LogP contribution >= 0.6 is 11.8 Å². The molecule has 1 heterocycles. The molecule has 2 rings (SSSR count). The van der Waals surface area contributed by atoms with Crippen LogP contribution in [0.25, 0.3) is 0 Å². The van der Waals surface area contributed by atoms with E-state index in [1.54, 1.807) is 0 Å². The van der Waals surface area contributed by atoms with Crippen molar-refractivity contribution in [2.75, 3.05) is 5.75 Å². The van der Waals surface area contributed by atoms with E-state index in [1.807, 2.05) is 19.9 Å². The molecule has 0 bridgehead atoms. The van der Waals surface area contributed by atoms with Crippen molar-refractivity contribution in [3.63, 3.8) is 0 Å². The van der Waals surface area contributed by atoms with Crippen LogP contribution in [0.2, 0.25) is 0 Å². The largest absolute Gasteiger partial charge is 0.479 e. The van der Waals surface area contributed by atoms with Gasteiger partial charge in [-0.15, -0.1) is 0 Å². The zero-order chi connectivity index (χ0) is 17.7. The molecule has 6 nitrogen and oxygen atoms in total. The second kappa shape index (κ2) is 7.87. The first-order valence-electron chi connectivity index (χ1n) is 7.08. The maximum absolute atomic E-state index is 12.9. The molecule has 24 heavy (non-hydrogen) atoms. The van der Waals surface area contributed by atoms with Gasteiger partial charge in [0.15, 0.2) is 11.2 Å². The van der Waals surface area contributed by atoms with E-state index in [1.165, 1.54) is 12.1 Å². The van der Waals surface area contributed by atoms with E-state index in [2.05, 4.69) is 15.3 Å². The van der Waals surface area contributed by atoms with Gasteiger partial charge in [0.1, 0.15) is 5.82 Å². The number of carbonyl (C=O) groups is 2. The quantitative estimate of drug-likeness (QED) is 0.614. The number of thioether (sulfide) groups is 1. The Morgan fingerprint density at radius 3 is 2.33 bits per heavy atom. The van der Waals surface area contributed by atoms with Crippen LogP contribution in [0.3, 0.4) is 0 Å². The Bertz CT molecular complexity index is 732. The lowest BCUT2D eigenvalue weighted by atomic mass is 10.1. The van der Waals surface area contributed by atoms with E-state index in [4.69, 9.17) is 0 Å². The molecule has 0 radical (unpaired) electrons. The van der Waals surface area contributed by atoms with Crippen molar-refractivity contribution in [3.05, 3.63) is 53.1 Å². The number of amides is 1. The minimum Gasteiger partial charge on any atom is -0.479 e. The fourth-order valence-corrected chi connectivity index (χ4v) is 2.79. The van der Waals surface area contributed by atoms with Crippen molar-refractivity contribution in [2.45, 2.75) is 25.0 Å². The molecule has 1 aromatic carbocycles. The normalized spacial score (nSPS) is 11.8. The maximum Gasteiger partial charge on any atom is 0.330 e. The predicted molar refractivity (Wildman–Crippen MR) is 87.1 cm³/mol. The molecule has 1 unspecified atom stereocenters. The molecular weight excluding hydrogens is 333 g/mol. The van der Waals surface area contributed by atoms with Crippen molar-refractivity contribution in [1.82, 2.24) is 15.3 Å². The summed E-state index contributed by atoms with van der Waals surface area (Å²) in [6, 6.07) is 5.53. The molecule has 8 heteroatoms. The molecule has 0 saturated carbocycles. The highest BCUT2D eigenvalue weighted by molar-refractivity contribution is 7.99. The minimum absolute atomic E-state index is 0.0200. The highest BCUT2D eigenvalue weighted by Crippen LogP contribution is 2.17. The smallest absolute Gasteiger partial charge is 0.330 e. The third-order valence-electron chi connectivity index (χ3n) is 3.05. The van der Waals surface area contributed by atoms with Crippen molar-refractivity contribution in [2.24, 2.45) is 0 Å².